The molecule has 1 amide bonds. The highest BCUT2D eigenvalue weighted by Gasteiger charge is 2.23. The molecule has 0 bridgehead atoms. The number of hydrogen-bond acceptors (Lipinski definition) is 3. The van der Waals surface area contributed by atoms with Gasteiger partial charge in [0.05, 0.1) is 0 Å². The molecule has 32 heavy (non-hydrogen) atoms. The smallest absolute Gasteiger partial charge is 0.258 e. The molecule has 0 atom stereocenters. The number of rotatable bonds is 11. The van der Waals surface area contributed by atoms with Crippen LogP contribution in [-0.2, 0) is 17.6 Å². The number of guanidine groups is 1. The topological polar surface area (TPSA) is 74.8 Å². The summed E-state index contributed by atoms with van der Waals surface area (Å²) in [7, 11) is 0. The number of nitrogens with one attached hydrogen (secondary N) is 3. The second kappa shape index (κ2) is 13.9. The van der Waals surface area contributed by atoms with Gasteiger partial charge in [-0.05, 0) is 68.0 Å². The highest BCUT2D eigenvalue weighted by atomic mass is 127. The van der Waals surface area contributed by atoms with E-state index in [1.54, 1.807) is 12.1 Å². The lowest BCUT2D eigenvalue weighted by atomic mass is 10.1. The quantitative estimate of drug-likeness (QED) is 0.226. The van der Waals surface area contributed by atoms with Gasteiger partial charge in [-0.1, -0.05) is 24.3 Å². The van der Waals surface area contributed by atoms with Gasteiger partial charge in [-0.2, -0.15) is 0 Å². The number of benzene rings is 2. The Hall–Kier alpha value is -2.36. The lowest BCUT2D eigenvalue weighted by Crippen LogP contribution is -2.38. The van der Waals surface area contributed by atoms with Crippen molar-refractivity contribution in [3.05, 3.63) is 65.5 Å². The van der Waals surface area contributed by atoms with Crippen molar-refractivity contribution in [2.45, 2.75) is 38.6 Å². The largest absolute Gasteiger partial charge is 0.484 e. The fourth-order valence-corrected chi connectivity index (χ4v) is 3.05. The van der Waals surface area contributed by atoms with Gasteiger partial charge in [-0.25, -0.2) is 4.39 Å². The zero-order valence-corrected chi connectivity index (χ0v) is 20.7. The van der Waals surface area contributed by atoms with Crippen LogP contribution in [0.5, 0.6) is 5.75 Å². The van der Waals surface area contributed by atoms with Gasteiger partial charge < -0.3 is 20.7 Å². The van der Waals surface area contributed by atoms with Gasteiger partial charge in [0.2, 0.25) is 0 Å². The fourth-order valence-electron chi connectivity index (χ4n) is 3.05. The summed E-state index contributed by atoms with van der Waals surface area (Å²) in [6.45, 7) is 4.15. The van der Waals surface area contributed by atoms with Crippen LogP contribution in [-0.4, -0.2) is 44.1 Å². The van der Waals surface area contributed by atoms with E-state index in [0.29, 0.717) is 24.9 Å². The SMILES string of the molecule is CCNC(=NCCc1ccc(OCC(=O)NC2CC2)cc1)NCCc1cccc(F)c1.I. The summed E-state index contributed by atoms with van der Waals surface area (Å²) in [5.41, 5.74) is 2.10. The molecular weight excluding hydrogens is 522 g/mol. The van der Waals surface area contributed by atoms with Gasteiger partial charge in [0.1, 0.15) is 11.6 Å². The van der Waals surface area contributed by atoms with Crippen LogP contribution in [0.4, 0.5) is 4.39 Å². The van der Waals surface area contributed by atoms with Crippen molar-refractivity contribution in [1.82, 2.24) is 16.0 Å². The second-order valence-electron chi connectivity index (χ2n) is 7.59. The molecule has 174 valence electrons. The van der Waals surface area contributed by atoms with Gasteiger partial charge in [0, 0.05) is 25.7 Å². The summed E-state index contributed by atoms with van der Waals surface area (Å²) < 4.78 is 18.8. The van der Waals surface area contributed by atoms with Crippen LogP contribution in [0, 0.1) is 5.82 Å². The highest BCUT2D eigenvalue weighted by molar-refractivity contribution is 14.0. The summed E-state index contributed by atoms with van der Waals surface area (Å²) in [6, 6.07) is 14.7. The Labute approximate surface area is 206 Å². The first-order valence-corrected chi connectivity index (χ1v) is 10.9. The van der Waals surface area contributed by atoms with Gasteiger partial charge in [-0.3, -0.25) is 9.79 Å². The molecule has 3 N–H and O–H groups in total. The van der Waals surface area contributed by atoms with E-state index in [0.717, 1.165) is 49.3 Å². The number of aliphatic imine (C=N–C) groups is 1. The lowest BCUT2D eigenvalue weighted by molar-refractivity contribution is -0.123. The number of amides is 1. The predicted molar refractivity (Wildman–Crippen MR) is 136 cm³/mol. The van der Waals surface area contributed by atoms with E-state index >= 15 is 0 Å². The summed E-state index contributed by atoms with van der Waals surface area (Å²) in [5.74, 6) is 1.16. The van der Waals surface area contributed by atoms with Crippen LogP contribution in [0.3, 0.4) is 0 Å². The molecule has 1 saturated carbocycles. The van der Waals surface area contributed by atoms with Gasteiger partial charge in [0.15, 0.2) is 12.6 Å². The van der Waals surface area contributed by atoms with Crippen molar-refractivity contribution < 1.29 is 13.9 Å². The minimum Gasteiger partial charge on any atom is -0.484 e. The van der Waals surface area contributed by atoms with E-state index in [4.69, 9.17) is 4.74 Å². The van der Waals surface area contributed by atoms with Gasteiger partial charge in [-0.15, -0.1) is 24.0 Å². The number of halogens is 2. The Morgan fingerprint density at radius 3 is 2.56 bits per heavy atom. The molecular formula is C24H32FIN4O2. The van der Waals surface area contributed by atoms with Crippen LogP contribution >= 0.6 is 24.0 Å². The van der Waals surface area contributed by atoms with Crippen LogP contribution in [0.1, 0.15) is 30.9 Å². The standard InChI is InChI=1S/C24H31FN4O2.HI/c1-2-26-24(28-15-13-19-4-3-5-20(25)16-19)27-14-12-18-6-10-22(11-7-18)31-17-23(30)29-21-8-9-21;/h3-7,10-11,16,21H,2,8-9,12-15,17H2,1H3,(H,29,30)(H2,26,27,28);1H. The number of hydrogen-bond donors (Lipinski definition) is 3. The Kier molecular flexibility index (Phi) is 11.3. The predicted octanol–water partition coefficient (Wildman–Crippen LogP) is 3.44. The molecule has 0 unspecified atom stereocenters. The van der Waals surface area contributed by atoms with Crippen molar-refractivity contribution in [3.63, 3.8) is 0 Å². The monoisotopic (exact) mass is 554 g/mol. The molecule has 3 rings (SSSR count). The molecule has 6 nitrogen and oxygen atoms in total. The normalized spacial score (nSPS) is 13.1. The minimum atomic E-state index is -0.212. The zero-order valence-electron chi connectivity index (χ0n) is 18.4. The first-order valence-electron chi connectivity index (χ1n) is 10.9. The van der Waals surface area contributed by atoms with E-state index in [9.17, 15) is 9.18 Å². The zero-order chi connectivity index (χ0) is 21.9. The number of carbonyl (C=O) groups excluding carboxylic acids is 1. The lowest BCUT2D eigenvalue weighted by Gasteiger charge is -2.11. The van der Waals surface area contributed by atoms with Gasteiger partial charge >= 0.3 is 0 Å². The average molecular weight is 554 g/mol. The highest BCUT2D eigenvalue weighted by Crippen LogP contribution is 2.18. The summed E-state index contributed by atoms with van der Waals surface area (Å²) in [4.78, 5) is 16.3. The van der Waals surface area contributed by atoms with E-state index in [2.05, 4.69) is 20.9 Å². The molecule has 1 fully saturated rings. The van der Waals surface area contributed by atoms with E-state index < -0.39 is 0 Å². The summed E-state index contributed by atoms with van der Waals surface area (Å²) in [6.07, 6.45) is 3.66. The van der Waals surface area contributed by atoms with Gasteiger partial charge in [0.25, 0.3) is 5.91 Å². The van der Waals surface area contributed by atoms with Crippen molar-refractivity contribution in [1.29, 1.82) is 0 Å². The van der Waals surface area contributed by atoms with Crippen molar-refractivity contribution in [2.24, 2.45) is 4.99 Å². The maximum absolute atomic E-state index is 13.3. The molecule has 2 aromatic carbocycles. The second-order valence-corrected chi connectivity index (χ2v) is 7.59. The number of ether oxygens (including phenoxy) is 1. The van der Waals surface area contributed by atoms with Crippen molar-refractivity contribution in [3.8, 4) is 5.75 Å². The van der Waals surface area contributed by atoms with E-state index in [-0.39, 0.29) is 42.3 Å². The Morgan fingerprint density at radius 2 is 1.88 bits per heavy atom. The molecule has 1 aliphatic carbocycles. The van der Waals surface area contributed by atoms with Crippen LogP contribution < -0.4 is 20.7 Å². The molecule has 2 aromatic rings. The van der Waals surface area contributed by atoms with Crippen molar-refractivity contribution >= 4 is 35.8 Å². The molecule has 0 saturated heterocycles. The van der Waals surface area contributed by atoms with E-state index in [1.807, 2.05) is 37.3 Å². The molecule has 1 aliphatic rings. The Morgan fingerprint density at radius 1 is 1.09 bits per heavy atom. The molecule has 0 radical (unpaired) electrons. The van der Waals surface area contributed by atoms with Crippen molar-refractivity contribution in [2.75, 3.05) is 26.2 Å². The maximum Gasteiger partial charge on any atom is 0.258 e. The molecule has 8 heteroatoms. The van der Waals surface area contributed by atoms with Crippen LogP contribution in [0.15, 0.2) is 53.5 Å². The molecule has 0 aromatic heterocycles. The van der Waals surface area contributed by atoms with Crippen LogP contribution in [0.2, 0.25) is 0 Å². The minimum absolute atomic E-state index is 0. The maximum atomic E-state index is 13.3. The third-order valence-corrected chi connectivity index (χ3v) is 4.85. The fraction of sp³-hybridized carbons (Fsp3) is 0.417. The molecule has 0 spiro atoms. The number of carbonyl (C=O) groups is 1. The summed E-state index contributed by atoms with van der Waals surface area (Å²) >= 11 is 0. The summed E-state index contributed by atoms with van der Waals surface area (Å²) in [5, 5.41) is 9.42. The Bertz CT molecular complexity index is 873. The number of nitrogens with zero attached hydrogens (tertiary/aromatic N) is 1. The molecule has 0 aliphatic heterocycles. The first kappa shape index (κ1) is 25.9. The molecule has 0 heterocycles. The average Bonchev–Trinajstić information content (AvgIpc) is 3.57. The third kappa shape index (κ3) is 9.84. The third-order valence-electron chi connectivity index (χ3n) is 4.85. The first-order chi connectivity index (χ1) is 15.1. The van der Waals surface area contributed by atoms with Crippen LogP contribution in [0.25, 0.3) is 0 Å². The van der Waals surface area contributed by atoms with E-state index in [1.165, 1.54) is 6.07 Å². The Balaban J connectivity index is 0.00000363.